The highest BCUT2D eigenvalue weighted by Gasteiger charge is 2.20. The number of amides is 1. The number of benzene rings is 1. The normalized spacial score (nSPS) is 10.6. The van der Waals surface area contributed by atoms with Gasteiger partial charge in [0.2, 0.25) is 0 Å². The molecule has 0 radical (unpaired) electrons. The van der Waals surface area contributed by atoms with E-state index >= 15 is 0 Å². The van der Waals surface area contributed by atoms with Crippen LogP contribution in [0.5, 0.6) is 0 Å². The molecule has 1 aromatic heterocycles. The molecule has 2 rings (SSSR count). The van der Waals surface area contributed by atoms with Gasteiger partial charge in [-0.1, -0.05) is 12.1 Å². The Balaban J connectivity index is 2.36. The average molecular weight is 255 g/mol. The van der Waals surface area contributed by atoms with Crippen LogP contribution in [-0.4, -0.2) is 28.4 Å². The molecule has 0 unspecified atom stereocenters. The van der Waals surface area contributed by atoms with E-state index in [0.717, 1.165) is 10.9 Å². The van der Waals surface area contributed by atoms with Crippen LogP contribution in [0.4, 0.5) is 0 Å². The summed E-state index contributed by atoms with van der Waals surface area (Å²) in [4.78, 5) is 17.4. The minimum absolute atomic E-state index is 0.0294. The second kappa shape index (κ2) is 5.57. The van der Waals surface area contributed by atoms with Crippen molar-refractivity contribution in [1.82, 2.24) is 9.88 Å². The number of aromatic amines is 1. The predicted octanol–water partition coefficient (Wildman–Crippen LogP) is 2.93. The lowest BCUT2D eigenvalue weighted by atomic mass is 10.1. The third kappa shape index (κ3) is 2.60. The number of para-hydroxylation sites is 1. The number of carbonyl (C=O) groups is 1. The van der Waals surface area contributed by atoms with E-state index in [1.807, 2.05) is 44.3 Å². The highest BCUT2D eigenvalue weighted by molar-refractivity contribution is 6.05. The Hall–Kier alpha value is -2.28. The lowest BCUT2D eigenvalue weighted by Crippen LogP contribution is -2.37. The average Bonchev–Trinajstić information content (AvgIpc) is 2.86. The highest BCUT2D eigenvalue weighted by atomic mass is 16.2. The second-order valence-electron chi connectivity index (χ2n) is 4.75. The highest BCUT2D eigenvalue weighted by Crippen LogP contribution is 2.19. The van der Waals surface area contributed by atoms with Crippen molar-refractivity contribution in [2.75, 3.05) is 6.54 Å². The maximum Gasteiger partial charge on any atom is 0.256 e. The first-order chi connectivity index (χ1) is 9.15. The molecule has 0 aliphatic rings. The number of nitriles is 1. The first kappa shape index (κ1) is 13.2. The van der Waals surface area contributed by atoms with Gasteiger partial charge in [-0.2, -0.15) is 5.26 Å². The van der Waals surface area contributed by atoms with Crippen molar-refractivity contribution in [3.63, 3.8) is 0 Å². The Morgan fingerprint density at radius 1 is 1.42 bits per heavy atom. The maximum absolute atomic E-state index is 12.6. The fourth-order valence-electron chi connectivity index (χ4n) is 2.18. The molecule has 1 aromatic carbocycles. The van der Waals surface area contributed by atoms with Crippen molar-refractivity contribution < 1.29 is 4.79 Å². The zero-order chi connectivity index (χ0) is 13.8. The summed E-state index contributed by atoms with van der Waals surface area (Å²) in [5, 5.41) is 9.72. The van der Waals surface area contributed by atoms with Gasteiger partial charge in [-0.25, -0.2) is 0 Å². The first-order valence-electron chi connectivity index (χ1n) is 6.39. The number of nitrogens with one attached hydrogen (secondary N) is 1. The van der Waals surface area contributed by atoms with Crippen molar-refractivity contribution in [3.05, 3.63) is 36.0 Å². The van der Waals surface area contributed by atoms with Crippen LogP contribution < -0.4 is 0 Å². The molecule has 19 heavy (non-hydrogen) atoms. The van der Waals surface area contributed by atoms with Gasteiger partial charge in [-0.3, -0.25) is 4.79 Å². The van der Waals surface area contributed by atoms with Gasteiger partial charge >= 0.3 is 0 Å². The van der Waals surface area contributed by atoms with Crippen LogP contribution in [0.3, 0.4) is 0 Å². The van der Waals surface area contributed by atoms with Crippen molar-refractivity contribution in [1.29, 1.82) is 5.26 Å². The van der Waals surface area contributed by atoms with Crippen molar-refractivity contribution in [2.45, 2.75) is 26.3 Å². The number of rotatable bonds is 4. The molecular weight excluding hydrogens is 238 g/mol. The van der Waals surface area contributed by atoms with Gasteiger partial charge in [-0.15, -0.1) is 0 Å². The third-order valence-electron chi connectivity index (χ3n) is 3.17. The molecule has 2 aromatic rings. The minimum Gasteiger partial charge on any atom is -0.361 e. The first-order valence-corrected chi connectivity index (χ1v) is 6.39. The van der Waals surface area contributed by atoms with Crippen LogP contribution in [0.2, 0.25) is 0 Å². The zero-order valence-electron chi connectivity index (χ0n) is 11.2. The number of H-pyrrole nitrogens is 1. The Morgan fingerprint density at radius 3 is 2.89 bits per heavy atom. The van der Waals surface area contributed by atoms with Crippen LogP contribution in [0.1, 0.15) is 30.6 Å². The molecule has 0 bridgehead atoms. The number of aromatic nitrogens is 1. The molecule has 0 aliphatic carbocycles. The van der Waals surface area contributed by atoms with E-state index in [1.165, 1.54) is 0 Å². The topological polar surface area (TPSA) is 59.9 Å². The van der Waals surface area contributed by atoms with Gasteiger partial charge < -0.3 is 9.88 Å². The van der Waals surface area contributed by atoms with Gasteiger partial charge in [0.1, 0.15) is 0 Å². The van der Waals surface area contributed by atoms with Crippen LogP contribution in [0.15, 0.2) is 30.5 Å². The summed E-state index contributed by atoms with van der Waals surface area (Å²) in [5.74, 6) is -0.0294. The number of hydrogen-bond donors (Lipinski definition) is 1. The van der Waals surface area contributed by atoms with Crippen LogP contribution >= 0.6 is 0 Å². The van der Waals surface area contributed by atoms with Gasteiger partial charge in [0.15, 0.2) is 0 Å². The molecule has 1 N–H and O–H groups in total. The van der Waals surface area contributed by atoms with Crippen molar-refractivity contribution >= 4 is 16.8 Å². The predicted molar refractivity (Wildman–Crippen MR) is 74.7 cm³/mol. The van der Waals surface area contributed by atoms with Crippen LogP contribution in [0, 0.1) is 11.3 Å². The summed E-state index contributed by atoms with van der Waals surface area (Å²) in [7, 11) is 0. The largest absolute Gasteiger partial charge is 0.361 e. The molecule has 4 nitrogen and oxygen atoms in total. The molecule has 98 valence electrons. The fourth-order valence-corrected chi connectivity index (χ4v) is 2.18. The monoisotopic (exact) mass is 255 g/mol. The lowest BCUT2D eigenvalue weighted by Gasteiger charge is -2.26. The van der Waals surface area contributed by atoms with Gasteiger partial charge in [0, 0.05) is 24.2 Å². The Bertz CT molecular complexity index is 622. The van der Waals surface area contributed by atoms with Crippen molar-refractivity contribution in [2.24, 2.45) is 0 Å². The van der Waals surface area contributed by atoms with E-state index in [-0.39, 0.29) is 11.9 Å². The summed E-state index contributed by atoms with van der Waals surface area (Å²) in [5.41, 5.74) is 1.52. The molecule has 0 aliphatic heterocycles. The quantitative estimate of drug-likeness (QED) is 0.913. The summed E-state index contributed by atoms with van der Waals surface area (Å²) >= 11 is 0. The smallest absolute Gasteiger partial charge is 0.256 e. The summed E-state index contributed by atoms with van der Waals surface area (Å²) in [6, 6.07) is 9.78. The Morgan fingerprint density at radius 2 is 2.21 bits per heavy atom. The molecular formula is C15H17N3O. The lowest BCUT2D eigenvalue weighted by molar-refractivity contribution is 0.0712. The zero-order valence-corrected chi connectivity index (χ0v) is 11.2. The van der Waals surface area contributed by atoms with Crippen molar-refractivity contribution in [3.8, 4) is 6.07 Å². The maximum atomic E-state index is 12.6. The van der Waals surface area contributed by atoms with Crippen LogP contribution in [-0.2, 0) is 0 Å². The summed E-state index contributed by atoms with van der Waals surface area (Å²) in [6.45, 7) is 4.39. The fraction of sp³-hybridized carbons (Fsp3) is 0.333. The Labute approximate surface area is 112 Å². The third-order valence-corrected chi connectivity index (χ3v) is 3.17. The van der Waals surface area contributed by atoms with Crippen LogP contribution in [0.25, 0.3) is 10.9 Å². The van der Waals surface area contributed by atoms with Gasteiger partial charge in [0.25, 0.3) is 5.91 Å². The number of carbonyl (C=O) groups excluding carboxylic acids is 1. The second-order valence-corrected chi connectivity index (χ2v) is 4.75. The van der Waals surface area contributed by atoms with E-state index in [4.69, 9.17) is 5.26 Å². The molecule has 0 atom stereocenters. The summed E-state index contributed by atoms with van der Waals surface area (Å²) in [6.07, 6.45) is 2.18. The molecule has 0 saturated carbocycles. The Kier molecular flexibility index (Phi) is 3.86. The number of nitrogens with zero attached hydrogens (tertiary/aromatic N) is 2. The van der Waals surface area contributed by atoms with Gasteiger partial charge in [-0.05, 0) is 26.0 Å². The van der Waals surface area contributed by atoms with E-state index in [1.54, 1.807) is 4.90 Å². The van der Waals surface area contributed by atoms with E-state index in [0.29, 0.717) is 18.5 Å². The molecule has 1 amide bonds. The van der Waals surface area contributed by atoms with E-state index in [2.05, 4.69) is 11.1 Å². The van der Waals surface area contributed by atoms with E-state index in [9.17, 15) is 4.79 Å². The number of fused-ring (bicyclic) bond motifs is 1. The molecule has 0 spiro atoms. The number of hydrogen-bond acceptors (Lipinski definition) is 2. The SMILES string of the molecule is CC(C)N(CCC#N)C(=O)c1cccc2cc[nH]c12. The van der Waals surface area contributed by atoms with Gasteiger partial charge in [0.05, 0.1) is 23.6 Å². The molecule has 0 saturated heterocycles. The molecule has 1 heterocycles. The summed E-state index contributed by atoms with van der Waals surface area (Å²) < 4.78 is 0. The standard InChI is InChI=1S/C15H17N3O/c1-11(2)18(10-4-8-16)15(19)13-6-3-5-12-7-9-17-14(12)13/h3,5-7,9,11,17H,4,10H2,1-2H3. The molecule has 4 heteroatoms. The minimum atomic E-state index is -0.0294. The molecule has 0 fully saturated rings. The van der Waals surface area contributed by atoms with E-state index < -0.39 is 0 Å².